The van der Waals surface area contributed by atoms with Gasteiger partial charge in [0.05, 0.1) is 11.6 Å². The van der Waals surface area contributed by atoms with E-state index in [1.807, 2.05) is 31.2 Å². The fourth-order valence-electron chi connectivity index (χ4n) is 2.74. The number of benzene rings is 2. The van der Waals surface area contributed by atoms with Crippen LogP contribution < -0.4 is 10.1 Å². The Morgan fingerprint density at radius 3 is 2.48 bits per heavy atom. The second-order valence-corrected chi connectivity index (χ2v) is 8.24. The first-order valence-corrected chi connectivity index (χ1v) is 9.88. The zero-order valence-corrected chi connectivity index (χ0v) is 15.8. The highest BCUT2D eigenvalue weighted by Gasteiger charge is 2.41. The number of rotatable bonds is 6. The Bertz CT molecular complexity index is 970. The molecule has 1 aliphatic heterocycles. The fourth-order valence-corrected chi connectivity index (χ4v) is 4.26. The average Bonchev–Trinajstić information content (AvgIpc) is 2.82. The van der Waals surface area contributed by atoms with Gasteiger partial charge in [-0.05, 0) is 38.1 Å². The predicted molar refractivity (Wildman–Crippen MR) is 98.9 cm³/mol. The number of ether oxygens (including phenoxy) is 1. The first-order chi connectivity index (χ1) is 12.8. The number of carbonyl (C=O) groups is 2. The van der Waals surface area contributed by atoms with Crippen molar-refractivity contribution in [3.8, 4) is 5.75 Å². The molecule has 1 aliphatic rings. The topological polar surface area (TPSA) is 92.8 Å². The molecule has 0 bridgehead atoms. The van der Waals surface area contributed by atoms with E-state index < -0.39 is 28.4 Å². The average molecular weight is 388 g/mol. The van der Waals surface area contributed by atoms with Crippen molar-refractivity contribution in [3.63, 3.8) is 0 Å². The normalized spacial score (nSPS) is 15.9. The summed E-state index contributed by atoms with van der Waals surface area (Å²) in [6, 6.07) is 13.1. The Morgan fingerprint density at radius 1 is 1.15 bits per heavy atom. The maximum Gasteiger partial charge on any atom is 0.269 e. The molecule has 8 heteroatoms. The number of nitrogens with one attached hydrogen (secondary N) is 1. The molecule has 2 aromatic carbocycles. The lowest BCUT2D eigenvalue weighted by molar-refractivity contribution is -0.121. The Morgan fingerprint density at radius 2 is 1.81 bits per heavy atom. The number of carbonyl (C=O) groups excluding carboxylic acids is 2. The molecule has 2 amide bonds. The molecule has 0 aliphatic carbocycles. The maximum absolute atomic E-state index is 12.5. The summed E-state index contributed by atoms with van der Waals surface area (Å²) in [7, 11) is -3.99. The second-order valence-electron chi connectivity index (χ2n) is 6.41. The van der Waals surface area contributed by atoms with Gasteiger partial charge in [-0.2, -0.15) is 0 Å². The molecule has 2 aromatic rings. The monoisotopic (exact) mass is 388 g/mol. The van der Waals surface area contributed by atoms with Gasteiger partial charge >= 0.3 is 0 Å². The van der Waals surface area contributed by atoms with E-state index in [1.165, 1.54) is 18.2 Å². The van der Waals surface area contributed by atoms with Crippen LogP contribution in [0, 0.1) is 6.92 Å². The van der Waals surface area contributed by atoms with Crippen LogP contribution in [0.15, 0.2) is 53.4 Å². The maximum atomic E-state index is 12.5. The molecule has 27 heavy (non-hydrogen) atoms. The summed E-state index contributed by atoms with van der Waals surface area (Å²) in [4.78, 5) is 24.5. The standard InChI is InChI=1S/C19H20N2O5S/c1-13-7-9-15(10-8-13)26-12-14(2)20-18(22)11-21-19(23)16-5-3-4-6-17(16)27(21,24)25/h3-10,14H,11-12H2,1-2H3,(H,20,22). The molecule has 1 atom stereocenters. The van der Waals surface area contributed by atoms with Crippen LogP contribution in [-0.4, -0.2) is 43.7 Å². The summed E-state index contributed by atoms with van der Waals surface area (Å²) in [6.45, 7) is 3.36. The summed E-state index contributed by atoms with van der Waals surface area (Å²) in [5.41, 5.74) is 1.20. The van der Waals surface area contributed by atoms with Gasteiger partial charge in [0.15, 0.2) is 0 Å². The van der Waals surface area contributed by atoms with Crippen molar-refractivity contribution < 1.29 is 22.7 Å². The molecular formula is C19H20N2O5S. The van der Waals surface area contributed by atoms with E-state index in [-0.39, 0.29) is 23.1 Å². The van der Waals surface area contributed by atoms with Gasteiger partial charge < -0.3 is 10.1 Å². The number of hydrogen-bond acceptors (Lipinski definition) is 5. The molecule has 0 fully saturated rings. The first kappa shape index (κ1) is 18.9. The third kappa shape index (κ3) is 3.95. The van der Waals surface area contributed by atoms with Crippen LogP contribution >= 0.6 is 0 Å². The largest absolute Gasteiger partial charge is 0.491 e. The van der Waals surface area contributed by atoms with Gasteiger partial charge in [-0.25, -0.2) is 12.7 Å². The number of hydrogen-bond donors (Lipinski definition) is 1. The summed E-state index contributed by atoms with van der Waals surface area (Å²) in [5, 5.41) is 2.65. The molecule has 1 unspecified atom stereocenters. The summed E-state index contributed by atoms with van der Waals surface area (Å²) < 4.78 is 31.1. The van der Waals surface area contributed by atoms with Crippen LogP contribution in [0.25, 0.3) is 0 Å². The van der Waals surface area contributed by atoms with Gasteiger partial charge in [-0.15, -0.1) is 0 Å². The van der Waals surface area contributed by atoms with E-state index in [2.05, 4.69) is 5.32 Å². The molecule has 0 saturated carbocycles. The Labute approximate surface area is 158 Å². The van der Waals surface area contributed by atoms with Gasteiger partial charge in [0.25, 0.3) is 15.9 Å². The summed E-state index contributed by atoms with van der Waals surface area (Å²) in [5.74, 6) is -0.585. The fraction of sp³-hybridized carbons (Fsp3) is 0.263. The molecule has 0 saturated heterocycles. The minimum atomic E-state index is -3.99. The van der Waals surface area contributed by atoms with Gasteiger partial charge in [0.1, 0.15) is 23.8 Å². The van der Waals surface area contributed by atoms with Crippen molar-refractivity contribution in [2.75, 3.05) is 13.2 Å². The van der Waals surface area contributed by atoms with Crippen LogP contribution in [0.4, 0.5) is 0 Å². The van der Waals surface area contributed by atoms with E-state index in [9.17, 15) is 18.0 Å². The quantitative estimate of drug-likeness (QED) is 0.813. The van der Waals surface area contributed by atoms with Crippen molar-refractivity contribution >= 4 is 21.8 Å². The van der Waals surface area contributed by atoms with Crippen LogP contribution in [0.3, 0.4) is 0 Å². The third-order valence-corrected chi connectivity index (χ3v) is 5.91. The highest BCUT2D eigenvalue weighted by Crippen LogP contribution is 2.29. The van der Waals surface area contributed by atoms with Crippen molar-refractivity contribution in [2.24, 2.45) is 0 Å². The zero-order valence-electron chi connectivity index (χ0n) is 15.0. The Balaban J connectivity index is 1.58. The molecule has 0 radical (unpaired) electrons. The lowest BCUT2D eigenvalue weighted by Gasteiger charge is -2.18. The number of aryl methyl sites for hydroxylation is 1. The molecule has 0 aromatic heterocycles. The molecule has 7 nitrogen and oxygen atoms in total. The molecule has 0 spiro atoms. The van der Waals surface area contributed by atoms with Crippen molar-refractivity contribution in [2.45, 2.75) is 24.8 Å². The zero-order chi connectivity index (χ0) is 19.6. The van der Waals surface area contributed by atoms with Crippen LogP contribution in [0.2, 0.25) is 0 Å². The van der Waals surface area contributed by atoms with E-state index in [0.717, 1.165) is 5.56 Å². The third-order valence-electron chi connectivity index (χ3n) is 4.13. The summed E-state index contributed by atoms with van der Waals surface area (Å²) in [6.07, 6.45) is 0. The molecule has 142 valence electrons. The van der Waals surface area contributed by atoms with E-state index in [1.54, 1.807) is 13.0 Å². The highest BCUT2D eigenvalue weighted by atomic mass is 32.2. The number of amides is 2. The van der Waals surface area contributed by atoms with Crippen LogP contribution in [0.5, 0.6) is 5.75 Å². The highest BCUT2D eigenvalue weighted by molar-refractivity contribution is 7.90. The first-order valence-electron chi connectivity index (χ1n) is 8.44. The number of sulfonamides is 1. The SMILES string of the molecule is Cc1ccc(OCC(C)NC(=O)CN2C(=O)c3ccccc3S2(=O)=O)cc1. The van der Waals surface area contributed by atoms with Gasteiger partial charge in [0, 0.05) is 0 Å². The van der Waals surface area contributed by atoms with Gasteiger partial charge in [-0.3, -0.25) is 9.59 Å². The predicted octanol–water partition coefficient (Wildman–Crippen LogP) is 1.72. The minimum Gasteiger partial charge on any atom is -0.491 e. The van der Waals surface area contributed by atoms with Crippen molar-refractivity contribution in [1.82, 2.24) is 9.62 Å². The second kappa shape index (κ2) is 7.40. The minimum absolute atomic E-state index is 0.0708. The van der Waals surface area contributed by atoms with Crippen molar-refractivity contribution in [3.05, 3.63) is 59.7 Å². The van der Waals surface area contributed by atoms with Crippen molar-refractivity contribution in [1.29, 1.82) is 0 Å². The van der Waals surface area contributed by atoms with Gasteiger partial charge in [-0.1, -0.05) is 29.8 Å². The molecular weight excluding hydrogens is 368 g/mol. The van der Waals surface area contributed by atoms with E-state index in [4.69, 9.17) is 4.74 Å². The van der Waals surface area contributed by atoms with Gasteiger partial charge in [0.2, 0.25) is 5.91 Å². The molecule has 1 N–H and O–H groups in total. The van der Waals surface area contributed by atoms with E-state index in [0.29, 0.717) is 10.1 Å². The number of nitrogens with zero attached hydrogens (tertiary/aromatic N) is 1. The lowest BCUT2D eigenvalue weighted by atomic mass is 10.2. The van der Waals surface area contributed by atoms with E-state index >= 15 is 0 Å². The van der Waals surface area contributed by atoms with Crippen LogP contribution in [-0.2, 0) is 14.8 Å². The number of fused-ring (bicyclic) bond motifs is 1. The molecule has 1 heterocycles. The molecule has 3 rings (SSSR count). The Kier molecular flexibility index (Phi) is 5.18. The summed E-state index contributed by atoms with van der Waals surface area (Å²) >= 11 is 0. The lowest BCUT2D eigenvalue weighted by Crippen LogP contribution is -2.44. The Hall–Kier alpha value is -2.87. The smallest absolute Gasteiger partial charge is 0.269 e. The van der Waals surface area contributed by atoms with Crippen LogP contribution in [0.1, 0.15) is 22.8 Å².